The summed E-state index contributed by atoms with van der Waals surface area (Å²) in [5, 5.41) is 8.83. The fraction of sp³-hybridized carbons (Fsp3) is 0.133. The van der Waals surface area contributed by atoms with Gasteiger partial charge in [-0.3, -0.25) is 4.79 Å². The molecular formula is C15H13F2N3O. The Bertz CT molecular complexity index is 683. The van der Waals surface area contributed by atoms with E-state index in [1.165, 1.54) is 0 Å². The van der Waals surface area contributed by atoms with Crippen molar-refractivity contribution >= 4 is 23.0 Å². The van der Waals surface area contributed by atoms with E-state index in [9.17, 15) is 13.6 Å². The second kappa shape index (κ2) is 5.40. The van der Waals surface area contributed by atoms with Crippen molar-refractivity contribution in [2.45, 2.75) is 0 Å². The Morgan fingerprint density at radius 1 is 1.05 bits per heavy atom. The molecule has 3 N–H and O–H groups in total. The molecule has 108 valence electrons. The zero-order chi connectivity index (χ0) is 14.8. The summed E-state index contributed by atoms with van der Waals surface area (Å²) in [7, 11) is 0. The smallest absolute Gasteiger partial charge is 0.257 e. The van der Waals surface area contributed by atoms with Crippen LogP contribution in [0.1, 0.15) is 10.4 Å². The van der Waals surface area contributed by atoms with Crippen LogP contribution in [0, 0.1) is 11.6 Å². The molecule has 0 aromatic heterocycles. The summed E-state index contributed by atoms with van der Waals surface area (Å²) < 4.78 is 26.3. The lowest BCUT2D eigenvalue weighted by Gasteiger charge is -2.22. The van der Waals surface area contributed by atoms with Gasteiger partial charge in [0.05, 0.1) is 16.9 Å². The standard InChI is InChI=1S/C15H13F2N3O/c16-9-6-10(17)8-11(7-9)20-15(21)12-2-1-3-13-14(12)19-5-4-18-13/h1-3,6-8,18-19H,4-5H2,(H,20,21). The van der Waals surface area contributed by atoms with Gasteiger partial charge >= 0.3 is 0 Å². The predicted octanol–water partition coefficient (Wildman–Crippen LogP) is 3.05. The van der Waals surface area contributed by atoms with Crippen molar-refractivity contribution in [3.05, 3.63) is 53.6 Å². The zero-order valence-electron chi connectivity index (χ0n) is 11.0. The number of amides is 1. The van der Waals surface area contributed by atoms with E-state index in [1.807, 2.05) is 6.07 Å². The van der Waals surface area contributed by atoms with E-state index in [4.69, 9.17) is 0 Å². The number of benzene rings is 2. The first kappa shape index (κ1) is 13.4. The molecule has 4 nitrogen and oxygen atoms in total. The SMILES string of the molecule is O=C(Nc1cc(F)cc(F)c1)c1cccc2c1NCCN2. The Balaban J connectivity index is 1.89. The van der Waals surface area contributed by atoms with Crippen molar-refractivity contribution in [3.63, 3.8) is 0 Å². The van der Waals surface area contributed by atoms with Gasteiger partial charge in [0.1, 0.15) is 11.6 Å². The molecule has 6 heteroatoms. The topological polar surface area (TPSA) is 53.2 Å². The molecule has 21 heavy (non-hydrogen) atoms. The number of hydrogen-bond donors (Lipinski definition) is 3. The summed E-state index contributed by atoms with van der Waals surface area (Å²) in [6.45, 7) is 1.47. The average molecular weight is 289 g/mol. The van der Waals surface area contributed by atoms with E-state index in [0.29, 0.717) is 17.8 Å². The number of anilines is 3. The fourth-order valence-corrected chi connectivity index (χ4v) is 2.29. The molecule has 1 aliphatic heterocycles. The first-order chi connectivity index (χ1) is 10.1. The zero-order valence-corrected chi connectivity index (χ0v) is 11.0. The molecule has 0 bridgehead atoms. The molecule has 0 unspecified atom stereocenters. The second-order valence-corrected chi connectivity index (χ2v) is 4.69. The third kappa shape index (κ3) is 2.79. The van der Waals surface area contributed by atoms with Crippen LogP contribution >= 0.6 is 0 Å². The molecule has 1 aliphatic rings. The Labute approximate surface area is 120 Å². The van der Waals surface area contributed by atoms with Crippen LogP contribution in [-0.4, -0.2) is 19.0 Å². The lowest BCUT2D eigenvalue weighted by Crippen LogP contribution is -2.24. The summed E-state index contributed by atoms with van der Waals surface area (Å²) >= 11 is 0. The highest BCUT2D eigenvalue weighted by molar-refractivity contribution is 6.10. The first-order valence-electron chi connectivity index (χ1n) is 6.52. The maximum atomic E-state index is 13.1. The van der Waals surface area contributed by atoms with Gasteiger partial charge in [-0.05, 0) is 24.3 Å². The molecule has 2 aromatic carbocycles. The highest BCUT2D eigenvalue weighted by atomic mass is 19.1. The van der Waals surface area contributed by atoms with Gasteiger partial charge in [-0.2, -0.15) is 0 Å². The average Bonchev–Trinajstić information content (AvgIpc) is 2.45. The van der Waals surface area contributed by atoms with E-state index in [2.05, 4.69) is 16.0 Å². The normalized spacial score (nSPS) is 12.9. The Morgan fingerprint density at radius 2 is 1.76 bits per heavy atom. The van der Waals surface area contributed by atoms with Gasteiger partial charge in [-0.15, -0.1) is 0 Å². The monoisotopic (exact) mass is 289 g/mol. The van der Waals surface area contributed by atoms with Crippen LogP contribution in [-0.2, 0) is 0 Å². The molecule has 0 aliphatic carbocycles. The van der Waals surface area contributed by atoms with E-state index < -0.39 is 17.5 Å². The van der Waals surface area contributed by atoms with E-state index >= 15 is 0 Å². The number of nitrogens with one attached hydrogen (secondary N) is 3. The maximum absolute atomic E-state index is 13.1. The Morgan fingerprint density at radius 3 is 2.52 bits per heavy atom. The third-order valence-electron chi connectivity index (χ3n) is 3.17. The lowest BCUT2D eigenvalue weighted by molar-refractivity contribution is 0.102. The van der Waals surface area contributed by atoms with Crippen molar-refractivity contribution in [1.82, 2.24) is 0 Å². The summed E-state index contributed by atoms with van der Waals surface area (Å²) in [5.74, 6) is -1.89. The first-order valence-corrected chi connectivity index (χ1v) is 6.52. The third-order valence-corrected chi connectivity index (χ3v) is 3.17. The number of carbonyl (C=O) groups is 1. The second-order valence-electron chi connectivity index (χ2n) is 4.69. The van der Waals surface area contributed by atoms with Gasteiger partial charge in [0.2, 0.25) is 0 Å². The highest BCUT2D eigenvalue weighted by Crippen LogP contribution is 2.29. The molecule has 0 saturated carbocycles. The molecule has 0 atom stereocenters. The Hall–Kier alpha value is -2.63. The minimum Gasteiger partial charge on any atom is -0.382 e. The van der Waals surface area contributed by atoms with Gasteiger partial charge in [-0.25, -0.2) is 8.78 Å². The largest absolute Gasteiger partial charge is 0.382 e. The molecule has 0 spiro atoms. The van der Waals surface area contributed by atoms with E-state index in [1.54, 1.807) is 12.1 Å². The van der Waals surface area contributed by atoms with Crippen LogP contribution in [0.2, 0.25) is 0 Å². The molecule has 0 radical (unpaired) electrons. The maximum Gasteiger partial charge on any atom is 0.257 e. The van der Waals surface area contributed by atoms with E-state index in [0.717, 1.165) is 30.4 Å². The molecule has 3 rings (SSSR count). The number of fused-ring (bicyclic) bond motifs is 1. The van der Waals surface area contributed by atoms with Gasteiger partial charge < -0.3 is 16.0 Å². The Kier molecular flexibility index (Phi) is 3.43. The van der Waals surface area contributed by atoms with Crippen LogP contribution in [0.25, 0.3) is 0 Å². The van der Waals surface area contributed by atoms with Crippen LogP contribution in [0.4, 0.5) is 25.8 Å². The summed E-state index contributed by atoms with van der Waals surface area (Å²) in [4.78, 5) is 12.3. The van der Waals surface area contributed by atoms with Crippen LogP contribution in [0.15, 0.2) is 36.4 Å². The van der Waals surface area contributed by atoms with Gasteiger partial charge in [0.15, 0.2) is 0 Å². The summed E-state index contributed by atoms with van der Waals surface area (Å²) in [5.41, 5.74) is 2.03. The van der Waals surface area contributed by atoms with Crippen molar-refractivity contribution in [2.24, 2.45) is 0 Å². The molecular weight excluding hydrogens is 276 g/mol. The summed E-state index contributed by atoms with van der Waals surface area (Å²) in [6, 6.07) is 8.17. The van der Waals surface area contributed by atoms with Gasteiger partial charge in [0.25, 0.3) is 5.91 Å². The lowest BCUT2D eigenvalue weighted by atomic mass is 10.1. The van der Waals surface area contributed by atoms with Crippen molar-refractivity contribution < 1.29 is 13.6 Å². The molecule has 1 amide bonds. The molecule has 2 aromatic rings. The highest BCUT2D eigenvalue weighted by Gasteiger charge is 2.17. The predicted molar refractivity (Wildman–Crippen MR) is 77.7 cm³/mol. The quantitative estimate of drug-likeness (QED) is 0.796. The van der Waals surface area contributed by atoms with Crippen LogP contribution in [0.5, 0.6) is 0 Å². The van der Waals surface area contributed by atoms with Crippen molar-refractivity contribution in [1.29, 1.82) is 0 Å². The number of para-hydroxylation sites is 1. The fourth-order valence-electron chi connectivity index (χ4n) is 2.29. The van der Waals surface area contributed by atoms with E-state index in [-0.39, 0.29) is 5.69 Å². The minimum atomic E-state index is -0.736. The number of rotatable bonds is 2. The minimum absolute atomic E-state index is 0.0823. The van der Waals surface area contributed by atoms with Crippen LogP contribution in [0.3, 0.4) is 0 Å². The van der Waals surface area contributed by atoms with Crippen molar-refractivity contribution in [3.8, 4) is 0 Å². The van der Waals surface area contributed by atoms with Gasteiger partial charge in [-0.1, -0.05) is 6.07 Å². The van der Waals surface area contributed by atoms with Gasteiger partial charge in [0, 0.05) is 24.8 Å². The molecule has 0 fully saturated rings. The molecule has 1 heterocycles. The number of hydrogen-bond acceptors (Lipinski definition) is 3. The van der Waals surface area contributed by atoms with Crippen LogP contribution < -0.4 is 16.0 Å². The molecule has 0 saturated heterocycles. The summed E-state index contributed by atoms with van der Waals surface area (Å²) in [6.07, 6.45) is 0. The van der Waals surface area contributed by atoms with Crippen molar-refractivity contribution in [2.75, 3.05) is 29.0 Å². The number of carbonyl (C=O) groups excluding carboxylic acids is 1. The number of halogens is 2.